The van der Waals surface area contributed by atoms with Gasteiger partial charge in [-0.3, -0.25) is 0 Å². The number of anilines is 1. The van der Waals surface area contributed by atoms with Gasteiger partial charge >= 0.3 is 12.1 Å². The van der Waals surface area contributed by atoms with Crippen LogP contribution in [0.3, 0.4) is 0 Å². The molecule has 2 saturated heterocycles. The SMILES string of the molecule is CC1CCN(C(=O)Nc2ccccc2CN2CCNC2=O)CC1C. The average Bonchev–Trinajstić information content (AvgIpc) is 2.97. The van der Waals surface area contributed by atoms with E-state index in [9.17, 15) is 9.59 Å². The van der Waals surface area contributed by atoms with Gasteiger partial charge in [0.05, 0.1) is 0 Å². The van der Waals surface area contributed by atoms with Crippen molar-refractivity contribution >= 4 is 17.7 Å². The van der Waals surface area contributed by atoms with Crippen LogP contribution >= 0.6 is 0 Å². The Hall–Kier alpha value is -2.24. The highest BCUT2D eigenvalue weighted by molar-refractivity contribution is 5.90. The van der Waals surface area contributed by atoms with E-state index in [0.717, 1.165) is 30.8 Å². The Kier molecular flexibility index (Phi) is 4.92. The molecular weight excluding hydrogens is 304 g/mol. The van der Waals surface area contributed by atoms with Crippen molar-refractivity contribution in [2.75, 3.05) is 31.5 Å². The van der Waals surface area contributed by atoms with E-state index in [1.165, 1.54) is 0 Å². The van der Waals surface area contributed by atoms with Gasteiger partial charge in [0, 0.05) is 38.4 Å². The van der Waals surface area contributed by atoms with E-state index in [0.29, 0.717) is 31.5 Å². The van der Waals surface area contributed by atoms with Crippen molar-refractivity contribution in [1.29, 1.82) is 0 Å². The summed E-state index contributed by atoms with van der Waals surface area (Å²) in [5.41, 5.74) is 1.75. The van der Waals surface area contributed by atoms with E-state index in [2.05, 4.69) is 24.5 Å². The molecule has 2 N–H and O–H groups in total. The molecule has 2 unspecified atom stereocenters. The molecule has 2 atom stereocenters. The van der Waals surface area contributed by atoms with Gasteiger partial charge in [-0.05, 0) is 29.9 Å². The standard InChI is InChI=1S/C18H26N4O2/c1-13-7-9-21(11-14(13)2)18(24)20-16-6-4-3-5-15(16)12-22-10-8-19-17(22)23/h3-6,13-14H,7-12H2,1-2H3,(H,19,23)(H,20,24). The lowest BCUT2D eigenvalue weighted by atomic mass is 9.89. The van der Waals surface area contributed by atoms with Crippen LogP contribution in [0, 0.1) is 11.8 Å². The molecule has 24 heavy (non-hydrogen) atoms. The molecule has 0 aromatic heterocycles. The minimum atomic E-state index is -0.0490. The minimum absolute atomic E-state index is 0.0463. The third kappa shape index (κ3) is 3.63. The monoisotopic (exact) mass is 330 g/mol. The van der Waals surface area contributed by atoms with Gasteiger partial charge in [-0.25, -0.2) is 9.59 Å². The molecule has 0 aliphatic carbocycles. The number of piperidine rings is 1. The highest BCUT2D eigenvalue weighted by atomic mass is 16.2. The van der Waals surface area contributed by atoms with Gasteiger partial charge in [-0.2, -0.15) is 0 Å². The molecule has 2 aliphatic rings. The van der Waals surface area contributed by atoms with E-state index in [4.69, 9.17) is 0 Å². The van der Waals surface area contributed by atoms with E-state index >= 15 is 0 Å². The van der Waals surface area contributed by atoms with E-state index in [1.807, 2.05) is 29.2 Å². The normalized spacial score (nSPS) is 24.0. The number of likely N-dealkylation sites (tertiary alicyclic amines) is 1. The largest absolute Gasteiger partial charge is 0.336 e. The van der Waals surface area contributed by atoms with Gasteiger partial charge in [0.1, 0.15) is 0 Å². The summed E-state index contributed by atoms with van der Waals surface area (Å²) >= 11 is 0. The fourth-order valence-electron chi connectivity index (χ4n) is 3.29. The molecule has 2 aliphatic heterocycles. The summed E-state index contributed by atoms with van der Waals surface area (Å²) in [6, 6.07) is 7.61. The first-order valence-electron chi connectivity index (χ1n) is 8.71. The second kappa shape index (κ2) is 7.11. The maximum absolute atomic E-state index is 12.6. The van der Waals surface area contributed by atoms with Crippen molar-refractivity contribution in [2.45, 2.75) is 26.8 Å². The first kappa shape index (κ1) is 16.6. The van der Waals surface area contributed by atoms with E-state index in [1.54, 1.807) is 4.90 Å². The van der Waals surface area contributed by atoms with Crippen molar-refractivity contribution in [1.82, 2.24) is 15.1 Å². The molecule has 0 bridgehead atoms. The Labute approximate surface area is 143 Å². The third-order valence-corrected chi connectivity index (χ3v) is 5.19. The molecule has 1 aromatic carbocycles. The fraction of sp³-hybridized carbons (Fsp3) is 0.556. The smallest absolute Gasteiger partial charge is 0.321 e. The number of amides is 4. The lowest BCUT2D eigenvalue weighted by molar-refractivity contribution is 0.154. The Morgan fingerprint density at radius 3 is 2.75 bits per heavy atom. The molecule has 6 heteroatoms. The zero-order chi connectivity index (χ0) is 17.1. The quantitative estimate of drug-likeness (QED) is 0.895. The Morgan fingerprint density at radius 1 is 1.25 bits per heavy atom. The number of hydrogen-bond donors (Lipinski definition) is 2. The van der Waals surface area contributed by atoms with Crippen molar-refractivity contribution in [2.24, 2.45) is 11.8 Å². The molecule has 3 rings (SSSR count). The van der Waals surface area contributed by atoms with Crippen LogP contribution in [0.5, 0.6) is 0 Å². The van der Waals surface area contributed by atoms with Crippen LogP contribution in [0.15, 0.2) is 24.3 Å². The van der Waals surface area contributed by atoms with Crippen molar-refractivity contribution in [3.05, 3.63) is 29.8 Å². The third-order valence-electron chi connectivity index (χ3n) is 5.19. The van der Waals surface area contributed by atoms with Gasteiger partial charge in [0.2, 0.25) is 0 Å². The second-order valence-electron chi connectivity index (χ2n) is 6.93. The molecule has 6 nitrogen and oxygen atoms in total. The maximum Gasteiger partial charge on any atom is 0.321 e. The van der Waals surface area contributed by atoms with Gasteiger partial charge in [-0.15, -0.1) is 0 Å². The van der Waals surface area contributed by atoms with Gasteiger partial charge in [0.25, 0.3) is 0 Å². The predicted molar refractivity (Wildman–Crippen MR) is 93.8 cm³/mol. The summed E-state index contributed by atoms with van der Waals surface area (Å²) in [4.78, 5) is 28.0. The van der Waals surface area contributed by atoms with Gasteiger partial charge in [-0.1, -0.05) is 32.0 Å². The maximum atomic E-state index is 12.6. The first-order chi connectivity index (χ1) is 11.5. The number of carbonyl (C=O) groups excluding carboxylic acids is 2. The minimum Gasteiger partial charge on any atom is -0.336 e. The van der Waals surface area contributed by atoms with Crippen LogP contribution < -0.4 is 10.6 Å². The van der Waals surface area contributed by atoms with Crippen molar-refractivity contribution < 1.29 is 9.59 Å². The molecule has 2 fully saturated rings. The number of nitrogens with zero attached hydrogens (tertiary/aromatic N) is 2. The first-order valence-corrected chi connectivity index (χ1v) is 8.71. The fourth-order valence-corrected chi connectivity index (χ4v) is 3.29. The molecule has 2 heterocycles. The van der Waals surface area contributed by atoms with Gasteiger partial charge in [0.15, 0.2) is 0 Å². The molecule has 0 radical (unpaired) electrons. The lowest BCUT2D eigenvalue weighted by Gasteiger charge is -2.35. The number of benzene rings is 1. The molecule has 4 amide bonds. The Morgan fingerprint density at radius 2 is 2.04 bits per heavy atom. The van der Waals surface area contributed by atoms with Crippen LogP contribution in [0.4, 0.5) is 15.3 Å². The van der Waals surface area contributed by atoms with Crippen LogP contribution in [-0.4, -0.2) is 48.0 Å². The molecule has 0 saturated carbocycles. The summed E-state index contributed by atoms with van der Waals surface area (Å²) < 4.78 is 0. The molecular formula is C18H26N4O2. The van der Waals surface area contributed by atoms with Crippen LogP contribution in [-0.2, 0) is 6.54 Å². The van der Waals surface area contributed by atoms with Crippen LogP contribution in [0.2, 0.25) is 0 Å². The molecule has 0 spiro atoms. The zero-order valence-corrected chi connectivity index (χ0v) is 14.4. The number of para-hydroxylation sites is 1. The number of nitrogens with one attached hydrogen (secondary N) is 2. The lowest BCUT2D eigenvalue weighted by Crippen LogP contribution is -2.44. The molecule has 1 aromatic rings. The summed E-state index contributed by atoms with van der Waals surface area (Å²) in [5.74, 6) is 1.18. The summed E-state index contributed by atoms with van der Waals surface area (Å²) in [6.07, 6.45) is 1.05. The summed E-state index contributed by atoms with van der Waals surface area (Å²) in [6.45, 7) is 7.92. The average molecular weight is 330 g/mol. The van der Waals surface area contributed by atoms with Crippen molar-refractivity contribution in [3.8, 4) is 0 Å². The number of rotatable bonds is 3. The second-order valence-corrected chi connectivity index (χ2v) is 6.93. The summed E-state index contributed by atoms with van der Waals surface area (Å²) in [5, 5.41) is 5.84. The summed E-state index contributed by atoms with van der Waals surface area (Å²) in [7, 11) is 0. The number of carbonyl (C=O) groups is 2. The zero-order valence-electron chi connectivity index (χ0n) is 14.4. The van der Waals surface area contributed by atoms with E-state index < -0.39 is 0 Å². The van der Waals surface area contributed by atoms with E-state index in [-0.39, 0.29) is 12.1 Å². The van der Waals surface area contributed by atoms with Crippen molar-refractivity contribution in [3.63, 3.8) is 0 Å². The Bertz CT molecular complexity index is 619. The highest BCUT2D eigenvalue weighted by Crippen LogP contribution is 2.24. The van der Waals surface area contributed by atoms with Crippen LogP contribution in [0.1, 0.15) is 25.8 Å². The van der Waals surface area contributed by atoms with Gasteiger partial charge < -0.3 is 20.4 Å². The Balaban J connectivity index is 1.66. The highest BCUT2D eigenvalue weighted by Gasteiger charge is 2.26. The number of hydrogen-bond acceptors (Lipinski definition) is 2. The number of urea groups is 2. The molecule has 130 valence electrons. The topological polar surface area (TPSA) is 64.7 Å². The predicted octanol–water partition coefficient (Wildman–Crippen LogP) is 2.72. The van der Waals surface area contributed by atoms with Crippen LogP contribution in [0.25, 0.3) is 0 Å².